The highest BCUT2D eigenvalue weighted by Crippen LogP contribution is 2.26. The van der Waals surface area contributed by atoms with Crippen molar-refractivity contribution in [1.29, 1.82) is 0 Å². The van der Waals surface area contributed by atoms with E-state index in [1.54, 1.807) is 0 Å². The van der Waals surface area contributed by atoms with E-state index < -0.39 is 0 Å². The summed E-state index contributed by atoms with van der Waals surface area (Å²) in [4.78, 5) is 0. The van der Waals surface area contributed by atoms with Gasteiger partial charge in [0.2, 0.25) is 0 Å². The predicted octanol–water partition coefficient (Wildman–Crippen LogP) is 3.42. The molecule has 0 saturated carbocycles. The molecule has 0 spiro atoms. The fraction of sp³-hybridized carbons (Fsp3) is 0.529. The van der Waals surface area contributed by atoms with Crippen LogP contribution in [0, 0.1) is 0 Å². The molecule has 0 saturated heterocycles. The number of unbranched alkanes of at least 4 members (excludes halogenated alkanes) is 1. The Labute approximate surface area is 131 Å². The van der Waals surface area contributed by atoms with Gasteiger partial charge in [-0.15, -0.1) is 0 Å². The van der Waals surface area contributed by atoms with Gasteiger partial charge in [-0.2, -0.15) is 0 Å². The lowest BCUT2D eigenvalue weighted by molar-refractivity contribution is -0.0247. The average molecular weight is 308 g/mol. The molecule has 1 aromatic rings. The Balaban J connectivity index is 1.56. The van der Waals surface area contributed by atoms with Gasteiger partial charge in [0.15, 0.2) is 0 Å². The molecule has 122 valence electrons. The molecule has 0 aliphatic carbocycles. The van der Waals surface area contributed by atoms with E-state index in [4.69, 9.17) is 23.7 Å². The summed E-state index contributed by atoms with van der Waals surface area (Å²) in [6.07, 6.45) is 4.95. The lowest BCUT2D eigenvalue weighted by Crippen LogP contribution is -2.11. The third-order valence-corrected chi connectivity index (χ3v) is 3.10. The lowest BCUT2D eigenvalue weighted by Gasteiger charge is -2.12. The van der Waals surface area contributed by atoms with Gasteiger partial charge in [-0.1, -0.05) is 25.5 Å². The number of rotatable bonds is 11. The molecule has 0 fully saturated rings. The Morgan fingerprint density at radius 1 is 0.955 bits per heavy atom. The molecule has 1 aliphatic heterocycles. The molecule has 22 heavy (non-hydrogen) atoms. The quantitative estimate of drug-likeness (QED) is 0.586. The first-order valence-corrected chi connectivity index (χ1v) is 7.74. The van der Waals surface area contributed by atoms with Crippen LogP contribution >= 0.6 is 0 Å². The van der Waals surface area contributed by atoms with Gasteiger partial charge in [-0.25, -0.2) is 0 Å². The molecule has 0 N–H and O–H groups in total. The van der Waals surface area contributed by atoms with E-state index in [2.05, 4.69) is 6.92 Å². The molecule has 5 nitrogen and oxygen atoms in total. The van der Waals surface area contributed by atoms with Crippen molar-refractivity contribution in [3.63, 3.8) is 0 Å². The molecule has 1 aromatic carbocycles. The second kappa shape index (κ2) is 10.1. The molecule has 0 radical (unpaired) electrons. The summed E-state index contributed by atoms with van der Waals surface area (Å²) >= 11 is 0. The van der Waals surface area contributed by atoms with Gasteiger partial charge in [-0.05, 0) is 18.6 Å². The number of benzene rings is 1. The second-order valence-electron chi connectivity index (χ2n) is 4.88. The molecule has 1 heterocycles. The van der Waals surface area contributed by atoms with Crippen LogP contribution in [-0.4, -0.2) is 33.0 Å². The Hall–Kier alpha value is -1.72. The van der Waals surface area contributed by atoms with E-state index in [1.807, 2.05) is 24.3 Å². The van der Waals surface area contributed by atoms with Crippen LogP contribution in [0.5, 0.6) is 5.75 Å². The fourth-order valence-corrected chi connectivity index (χ4v) is 1.93. The van der Waals surface area contributed by atoms with Gasteiger partial charge in [0.05, 0.1) is 19.8 Å². The van der Waals surface area contributed by atoms with Crippen molar-refractivity contribution in [3.05, 3.63) is 42.4 Å². The van der Waals surface area contributed by atoms with Crippen molar-refractivity contribution in [1.82, 2.24) is 0 Å². The fourth-order valence-electron chi connectivity index (χ4n) is 1.93. The van der Waals surface area contributed by atoms with Crippen molar-refractivity contribution >= 4 is 0 Å². The first-order chi connectivity index (χ1) is 10.9. The van der Waals surface area contributed by atoms with Crippen molar-refractivity contribution < 1.29 is 23.7 Å². The number of ether oxygens (including phenoxy) is 5. The molecular formula is C17H24O5. The topological polar surface area (TPSA) is 46.2 Å². The summed E-state index contributed by atoms with van der Waals surface area (Å²) in [6, 6.07) is 7.66. The Kier molecular flexibility index (Phi) is 7.63. The zero-order valence-electron chi connectivity index (χ0n) is 13.0. The molecule has 1 aliphatic rings. The van der Waals surface area contributed by atoms with Gasteiger partial charge < -0.3 is 23.7 Å². The van der Waals surface area contributed by atoms with Crippen molar-refractivity contribution in [2.45, 2.75) is 26.1 Å². The zero-order valence-corrected chi connectivity index (χ0v) is 13.0. The molecule has 5 heteroatoms. The van der Waals surface area contributed by atoms with Crippen LogP contribution < -0.4 is 4.74 Å². The van der Waals surface area contributed by atoms with E-state index in [0.29, 0.717) is 26.4 Å². The van der Waals surface area contributed by atoms with Gasteiger partial charge in [-0.3, -0.25) is 0 Å². The molecule has 2 rings (SSSR count). The van der Waals surface area contributed by atoms with Crippen LogP contribution in [0.25, 0.3) is 0 Å². The van der Waals surface area contributed by atoms with Crippen LogP contribution in [0.4, 0.5) is 0 Å². The van der Waals surface area contributed by atoms with Gasteiger partial charge in [0.25, 0.3) is 6.29 Å². The summed E-state index contributed by atoms with van der Waals surface area (Å²) in [7, 11) is 0. The van der Waals surface area contributed by atoms with E-state index in [-0.39, 0.29) is 6.29 Å². The standard InChI is InChI=1S/C17H24O5/c1-2-3-7-18-8-9-19-10-11-20-16-6-4-5-15(14-16)17-21-12-13-22-17/h4-6,12-14,17H,2-3,7-11H2,1H3. The van der Waals surface area contributed by atoms with Gasteiger partial charge >= 0.3 is 0 Å². The largest absolute Gasteiger partial charge is 0.491 e. The Morgan fingerprint density at radius 2 is 1.68 bits per heavy atom. The van der Waals surface area contributed by atoms with Crippen LogP contribution in [0.2, 0.25) is 0 Å². The molecule has 0 aromatic heterocycles. The number of hydrogen-bond acceptors (Lipinski definition) is 5. The van der Waals surface area contributed by atoms with Crippen molar-refractivity contribution in [2.75, 3.05) is 33.0 Å². The maximum absolute atomic E-state index is 5.65. The minimum Gasteiger partial charge on any atom is -0.491 e. The Bertz CT molecular complexity index is 438. The average Bonchev–Trinajstić information content (AvgIpc) is 3.08. The van der Waals surface area contributed by atoms with Crippen LogP contribution in [0.1, 0.15) is 31.6 Å². The normalized spacial score (nSPS) is 13.9. The third kappa shape index (κ3) is 5.95. The summed E-state index contributed by atoms with van der Waals surface area (Å²) < 4.78 is 27.1. The summed E-state index contributed by atoms with van der Waals surface area (Å²) in [6.45, 7) is 5.24. The number of hydrogen-bond donors (Lipinski definition) is 0. The van der Waals surface area contributed by atoms with E-state index in [0.717, 1.165) is 30.8 Å². The van der Waals surface area contributed by atoms with Crippen molar-refractivity contribution in [2.24, 2.45) is 0 Å². The highest BCUT2D eigenvalue weighted by atomic mass is 16.7. The van der Waals surface area contributed by atoms with Crippen LogP contribution in [0.15, 0.2) is 36.8 Å². The summed E-state index contributed by atoms with van der Waals surface area (Å²) in [5, 5.41) is 0. The SMILES string of the molecule is CCCCOCCOCCOc1cccc(C2OC=CO2)c1. The van der Waals surface area contributed by atoms with Crippen LogP contribution in [0.3, 0.4) is 0 Å². The smallest absolute Gasteiger partial charge is 0.266 e. The van der Waals surface area contributed by atoms with E-state index in [1.165, 1.54) is 12.5 Å². The Morgan fingerprint density at radius 3 is 2.45 bits per heavy atom. The highest BCUT2D eigenvalue weighted by molar-refractivity contribution is 5.29. The van der Waals surface area contributed by atoms with Crippen molar-refractivity contribution in [3.8, 4) is 5.75 Å². The molecular weight excluding hydrogens is 284 g/mol. The lowest BCUT2D eigenvalue weighted by atomic mass is 10.2. The monoisotopic (exact) mass is 308 g/mol. The second-order valence-corrected chi connectivity index (χ2v) is 4.88. The summed E-state index contributed by atoms with van der Waals surface area (Å²) in [5.74, 6) is 0.777. The first-order valence-electron chi connectivity index (χ1n) is 7.74. The van der Waals surface area contributed by atoms with Gasteiger partial charge in [0, 0.05) is 12.2 Å². The molecule has 0 unspecified atom stereocenters. The minimum absolute atomic E-state index is 0.375. The zero-order chi connectivity index (χ0) is 15.5. The van der Waals surface area contributed by atoms with E-state index in [9.17, 15) is 0 Å². The maximum Gasteiger partial charge on any atom is 0.266 e. The van der Waals surface area contributed by atoms with Crippen LogP contribution in [-0.2, 0) is 18.9 Å². The molecule has 0 amide bonds. The minimum atomic E-state index is -0.375. The predicted molar refractivity (Wildman–Crippen MR) is 82.5 cm³/mol. The van der Waals surface area contributed by atoms with E-state index >= 15 is 0 Å². The van der Waals surface area contributed by atoms with Gasteiger partial charge in [0.1, 0.15) is 24.9 Å². The summed E-state index contributed by atoms with van der Waals surface area (Å²) in [5.41, 5.74) is 0.924. The maximum atomic E-state index is 5.65. The molecule has 0 bridgehead atoms. The third-order valence-electron chi connectivity index (χ3n) is 3.10. The first kappa shape index (κ1) is 16.6. The molecule has 0 atom stereocenters. The highest BCUT2D eigenvalue weighted by Gasteiger charge is 2.15.